The molecule has 1 saturated carbocycles. The van der Waals surface area contributed by atoms with Crippen molar-refractivity contribution in [2.24, 2.45) is 0 Å². The van der Waals surface area contributed by atoms with Crippen LogP contribution in [-0.4, -0.2) is 22.3 Å². The van der Waals surface area contributed by atoms with Crippen LogP contribution in [0.2, 0.25) is 0 Å². The second-order valence-electron chi connectivity index (χ2n) is 5.33. The number of phenolic OH excluding ortho intramolecular Hbond substituents is 1. The second-order valence-corrected chi connectivity index (χ2v) is 5.33. The molecule has 100 valence electrons. The molecular weight excluding hydrogens is 226 g/mol. The van der Waals surface area contributed by atoms with E-state index in [1.165, 1.54) is 32.1 Å². The summed E-state index contributed by atoms with van der Waals surface area (Å²) in [7, 11) is 0. The van der Waals surface area contributed by atoms with Gasteiger partial charge in [-0.05, 0) is 37.5 Å². The van der Waals surface area contributed by atoms with Crippen LogP contribution >= 0.6 is 0 Å². The third-order valence-electron chi connectivity index (χ3n) is 3.81. The van der Waals surface area contributed by atoms with Crippen molar-refractivity contribution in [1.82, 2.24) is 5.32 Å². The van der Waals surface area contributed by atoms with Gasteiger partial charge in [-0.3, -0.25) is 0 Å². The number of hydrogen-bond acceptors (Lipinski definition) is 3. The lowest BCUT2D eigenvalue weighted by Crippen LogP contribution is -2.41. The van der Waals surface area contributed by atoms with Gasteiger partial charge in [0.05, 0.1) is 6.10 Å². The predicted molar refractivity (Wildman–Crippen MR) is 72.5 cm³/mol. The van der Waals surface area contributed by atoms with Crippen LogP contribution in [0, 0.1) is 0 Å². The van der Waals surface area contributed by atoms with Crippen molar-refractivity contribution in [2.45, 2.75) is 57.2 Å². The van der Waals surface area contributed by atoms with Gasteiger partial charge in [-0.1, -0.05) is 31.4 Å². The van der Waals surface area contributed by atoms with Gasteiger partial charge in [0.1, 0.15) is 5.75 Å². The first-order valence-electron chi connectivity index (χ1n) is 6.90. The van der Waals surface area contributed by atoms with Crippen LogP contribution in [0.3, 0.4) is 0 Å². The quantitative estimate of drug-likeness (QED) is 0.769. The van der Waals surface area contributed by atoms with Gasteiger partial charge < -0.3 is 15.5 Å². The predicted octanol–water partition coefficient (Wildman–Crippen LogP) is 2.74. The van der Waals surface area contributed by atoms with E-state index in [-0.39, 0.29) is 11.8 Å². The Balaban J connectivity index is 1.91. The summed E-state index contributed by atoms with van der Waals surface area (Å²) < 4.78 is 0. The highest BCUT2D eigenvalue weighted by molar-refractivity contribution is 5.27. The standard InChI is InChI=1S/C15H23NO2/c1-11(16-13-5-3-2-4-6-13)15(18)12-7-9-14(17)10-8-12/h7-11,13,15-18H,2-6H2,1H3. The second kappa shape index (κ2) is 6.21. The molecule has 0 heterocycles. The zero-order valence-corrected chi connectivity index (χ0v) is 11.0. The molecule has 1 aromatic carbocycles. The van der Waals surface area contributed by atoms with Gasteiger partial charge in [-0.2, -0.15) is 0 Å². The molecule has 2 atom stereocenters. The molecule has 0 bridgehead atoms. The molecule has 2 rings (SSSR count). The van der Waals surface area contributed by atoms with Crippen LogP contribution in [0.5, 0.6) is 5.75 Å². The lowest BCUT2D eigenvalue weighted by molar-refractivity contribution is 0.125. The van der Waals surface area contributed by atoms with E-state index in [4.69, 9.17) is 0 Å². The highest BCUT2D eigenvalue weighted by atomic mass is 16.3. The molecular formula is C15H23NO2. The Bertz CT molecular complexity index is 357. The molecule has 0 amide bonds. The summed E-state index contributed by atoms with van der Waals surface area (Å²) in [4.78, 5) is 0. The maximum absolute atomic E-state index is 10.3. The Labute approximate surface area is 109 Å². The van der Waals surface area contributed by atoms with Crippen LogP contribution in [0.4, 0.5) is 0 Å². The molecule has 0 aliphatic heterocycles. The Morgan fingerprint density at radius 2 is 1.72 bits per heavy atom. The fourth-order valence-corrected chi connectivity index (χ4v) is 2.69. The third-order valence-corrected chi connectivity index (χ3v) is 3.81. The van der Waals surface area contributed by atoms with Gasteiger partial charge in [-0.25, -0.2) is 0 Å². The SMILES string of the molecule is CC(NC1CCCCC1)C(O)c1ccc(O)cc1. The minimum atomic E-state index is -0.521. The minimum Gasteiger partial charge on any atom is -0.508 e. The van der Waals surface area contributed by atoms with Crippen LogP contribution in [-0.2, 0) is 0 Å². The van der Waals surface area contributed by atoms with E-state index in [1.807, 2.05) is 6.92 Å². The molecule has 18 heavy (non-hydrogen) atoms. The first-order valence-corrected chi connectivity index (χ1v) is 6.90. The molecule has 0 saturated heterocycles. The first kappa shape index (κ1) is 13.4. The first-order chi connectivity index (χ1) is 8.66. The summed E-state index contributed by atoms with van der Waals surface area (Å²) in [5, 5.41) is 23.0. The van der Waals surface area contributed by atoms with Crippen LogP contribution < -0.4 is 5.32 Å². The number of nitrogens with one attached hydrogen (secondary N) is 1. The van der Waals surface area contributed by atoms with Crippen molar-refractivity contribution >= 4 is 0 Å². The number of rotatable bonds is 4. The highest BCUT2D eigenvalue weighted by Gasteiger charge is 2.21. The van der Waals surface area contributed by atoms with E-state index in [0.717, 1.165) is 5.56 Å². The van der Waals surface area contributed by atoms with Crippen LogP contribution in [0.1, 0.15) is 50.7 Å². The Morgan fingerprint density at radius 3 is 2.33 bits per heavy atom. The largest absolute Gasteiger partial charge is 0.508 e. The maximum atomic E-state index is 10.3. The van der Waals surface area contributed by atoms with Crippen molar-refractivity contribution in [3.8, 4) is 5.75 Å². The normalized spacial score (nSPS) is 20.6. The van der Waals surface area contributed by atoms with Crippen molar-refractivity contribution in [3.63, 3.8) is 0 Å². The summed E-state index contributed by atoms with van der Waals surface area (Å²) in [6.07, 6.45) is 5.83. The van der Waals surface area contributed by atoms with Gasteiger partial charge in [-0.15, -0.1) is 0 Å². The molecule has 1 fully saturated rings. The van der Waals surface area contributed by atoms with Gasteiger partial charge in [0, 0.05) is 12.1 Å². The number of aliphatic hydroxyl groups is 1. The van der Waals surface area contributed by atoms with Crippen LogP contribution in [0.15, 0.2) is 24.3 Å². The van der Waals surface area contributed by atoms with E-state index in [9.17, 15) is 10.2 Å². The number of phenols is 1. The number of hydrogen-bond donors (Lipinski definition) is 3. The molecule has 1 aliphatic rings. The molecule has 0 aromatic heterocycles. The van der Waals surface area contributed by atoms with E-state index in [2.05, 4.69) is 5.32 Å². The Kier molecular flexibility index (Phi) is 4.61. The summed E-state index contributed by atoms with van der Waals surface area (Å²) in [6, 6.07) is 7.37. The molecule has 0 spiro atoms. The lowest BCUT2D eigenvalue weighted by atomic mass is 9.94. The third kappa shape index (κ3) is 3.47. The van der Waals surface area contributed by atoms with Crippen molar-refractivity contribution in [1.29, 1.82) is 0 Å². The molecule has 1 aromatic rings. The fourth-order valence-electron chi connectivity index (χ4n) is 2.69. The van der Waals surface area contributed by atoms with Crippen molar-refractivity contribution in [2.75, 3.05) is 0 Å². The summed E-state index contributed by atoms with van der Waals surface area (Å²) in [6.45, 7) is 2.02. The molecule has 2 unspecified atom stereocenters. The topological polar surface area (TPSA) is 52.5 Å². The van der Waals surface area contributed by atoms with E-state index in [1.54, 1.807) is 24.3 Å². The average Bonchev–Trinajstić information content (AvgIpc) is 2.40. The summed E-state index contributed by atoms with van der Waals surface area (Å²) in [5.74, 6) is 0.235. The van der Waals surface area contributed by atoms with E-state index in [0.29, 0.717) is 6.04 Å². The van der Waals surface area contributed by atoms with Crippen molar-refractivity contribution in [3.05, 3.63) is 29.8 Å². The molecule has 1 aliphatic carbocycles. The Morgan fingerprint density at radius 1 is 1.11 bits per heavy atom. The van der Waals surface area contributed by atoms with Gasteiger partial charge in [0.25, 0.3) is 0 Å². The number of aromatic hydroxyl groups is 1. The summed E-state index contributed by atoms with van der Waals surface area (Å²) >= 11 is 0. The fraction of sp³-hybridized carbons (Fsp3) is 0.600. The highest BCUT2D eigenvalue weighted by Crippen LogP contribution is 2.22. The van der Waals surface area contributed by atoms with Crippen LogP contribution in [0.25, 0.3) is 0 Å². The zero-order chi connectivity index (χ0) is 13.0. The molecule has 3 heteroatoms. The monoisotopic (exact) mass is 249 g/mol. The molecule has 0 radical (unpaired) electrons. The molecule has 3 N–H and O–H groups in total. The maximum Gasteiger partial charge on any atom is 0.115 e. The molecule has 3 nitrogen and oxygen atoms in total. The Hall–Kier alpha value is -1.06. The average molecular weight is 249 g/mol. The van der Waals surface area contributed by atoms with Crippen molar-refractivity contribution < 1.29 is 10.2 Å². The van der Waals surface area contributed by atoms with E-state index >= 15 is 0 Å². The number of benzene rings is 1. The van der Waals surface area contributed by atoms with Gasteiger partial charge >= 0.3 is 0 Å². The smallest absolute Gasteiger partial charge is 0.115 e. The summed E-state index contributed by atoms with van der Waals surface area (Å²) in [5.41, 5.74) is 0.851. The van der Waals surface area contributed by atoms with E-state index < -0.39 is 6.10 Å². The minimum absolute atomic E-state index is 0.0395. The van der Waals surface area contributed by atoms with Gasteiger partial charge in [0.2, 0.25) is 0 Å². The van der Waals surface area contributed by atoms with Gasteiger partial charge in [0.15, 0.2) is 0 Å². The lowest BCUT2D eigenvalue weighted by Gasteiger charge is -2.29. The number of aliphatic hydroxyl groups excluding tert-OH is 1. The zero-order valence-electron chi connectivity index (χ0n) is 11.0.